The van der Waals surface area contributed by atoms with E-state index in [0.717, 1.165) is 29.9 Å². The zero-order valence-electron chi connectivity index (χ0n) is 23.2. The second-order valence-electron chi connectivity index (χ2n) is 9.33. The van der Waals surface area contributed by atoms with Crippen molar-refractivity contribution in [3.05, 3.63) is 102 Å². The third-order valence-corrected chi connectivity index (χ3v) is 7.38. The molecule has 3 aromatic carbocycles. The summed E-state index contributed by atoms with van der Waals surface area (Å²) < 4.78 is 11.2. The number of hydrogen-bond donors (Lipinski definition) is 2. The molecule has 0 aliphatic rings. The zero-order valence-corrected chi connectivity index (χ0v) is 24.0. The first kappa shape index (κ1) is 31.0. The van der Waals surface area contributed by atoms with Crippen LogP contribution < -0.4 is 10.1 Å². The predicted octanol–water partition coefficient (Wildman–Crippen LogP) is 5.68. The fraction of sp³-hybridized carbons (Fsp3) is 0.375. The molecule has 0 saturated carbocycles. The summed E-state index contributed by atoms with van der Waals surface area (Å²) in [6.07, 6.45) is 1.10. The molecule has 0 radical (unpaired) electrons. The molecule has 1 unspecified atom stereocenters. The van der Waals surface area contributed by atoms with Gasteiger partial charge in [0.1, 0.15) is 12.4 Å². The Bertz CT molecular complexity index is 1130. The maximum atomic E-state index is 13.0. The summed E-state index contributed by atoms with van der Waals surface area (Å²) in [5, 5.41) is 12.4. The second-order valence-corrected chi connectivity index (χ2v) is 10.4. The van der Waals surface area contributed by atoms with Gasteiger partial charge in [-0.3, -0.25) is 0 Å². The Balaban J connectivity index is 1.46. The van der Waals surface area contributed by atoms with Crippen molar-refractivity contribution in [3.63, 3.8) is 0 Å². The summed E-state index contributed by atoms with van der Waals surface area (Å²) in [5.74, 6) is 1.63. The number of carbonyl (C=O) groups is 2. The number of benzene rings is 3. The fourth-order valence-corrected chi connectivity index (χ4v) is 5.04. The minimum atomic E-state index is -0.970. The summed E-state index contributed by atoms with van der Waals surface area (Å²) in [6.45, 7) is 4.18. The molecule has 0 aliphatic carbocycles. The van der Waals surface area contributed by atoms with Gasteiger partial charge >= 0.3 is 12.0 Å². The number of carboxylic acids is 1. The number of hydrogen-bond acceptors (Lipinski definition) is 5. The van der Waals surface area contributed by atoms with Crippen molar-refractivity contribution in [2.45, 2.75) is 38.0 Å². The lowest BCUT2D eigenvalue weighted by molar-refractivity contribution is -0.149. The molecule has 0 aliphatic heterocycles. The lowest BCUT2D eigenvalue weighted by atomic mass is 10.1. The first-order chi connectivity index (χ1) is 19.5. The van der Waals surface area contributed by atoms with E-state index in [1.807, 2.05) is 65.2 Å². The molecule has 3 aromatic rings. The molecule has 0 bridgehead atoms. The molecular formula is C32H40N2O5S. The molecule has 0 aromatic heterocycles. The second kappa shape index (κ2) is 18.0. The van der Waals surface area contributed by atoms with Gasteiger partial charge in [-0.25, -0.2) is 9.59 Å². The fourth-order valence-electron chi connectivity index (χ4n) is 4.14. The van der Waals surface area contributed by atoms with Crippen molar-refractivity contribution in [1.29, 1.82) is 0 Å². The van der Waals surface area contributed by atoms with Crippen molar-refractivity contribution < 1.29 is 24.2 Å². The van der Waals surface area contributed by atoms with E-state index in [4.69, 9.17) is 9.47 Å². The summed E-state index contributed by atoms with van der Waals surface area (Å²) in [4.78, 5) is 26.2. The largest absolute Gasteiger partial charge is 0.492 e. The van der Waals surface area contributed by atoms with Crippen LogP contribution in [0.5, 0.6) is 5.75 Å². The van der Waals surface area contributed by atoms with Crippen molar-refractivity contribution in [2.24, 2.45) is 0 Å². The smallest absolute Gasteiger partial charge is 0.333 e. The first-order valence-electron chi connectivity index (χ1n) is 13.8. The Hall–Kier alpha value is -3.49. The highest BCUT2D eigenvalue weighted by Gasteiger charge is 2.18. The van der Waals surface area contributed by atoms with Crippen LogP contribution in [0.15, 0.2) is 84.9 Å². The Morgan fingerprint density at radius 2 is 1.57 bits per heavy atom. The van der Waals surface area contributed by atoms with E-state index in [-0.39, 0.29) is 6.03 Å². The van der Waals surface area contributed by atoms with E-state index in [9.17, 15) is 14.7 Å². The van der Waals surface area contributed by atoms with Crippen LogP contribution in [0.3, 0.4) is 0 Å². The van der Waals surface area contributed by atoms with E-state index < -0.39 is 12.1 Å². The van der Waals surface area contributed by atoms with Crippen LogP contribution >= 0.6 is 11.8 Å². The first-order valence-corrected chi connectivity index (χ1v) is 14.9. The Morgan fingerprint density at radius 3 is 2.23 bits per heavy atom. The summed E-state index contributed by atoms with van der Waals surface area (Å²) >= 11 is 1.87. The SMILES string of the molecule is CCOC(Cc1ccc(OCCN(CCCSCc2ccccc2)C(=O)NCCc2ccccc2)cc1)C(=O)O. The highest BCUT2D eigenvalue weighted by Crippen LogP contribution is 2.16. The molecule has 0 heterocycles. The molecule has 1 atom stereocenters. The molecule has 40 heavy (non-hydrogen) atoms. The Kier molecular flexibility index (Phi) is 13.9. The molecule has 0 saturated heterocycles. The van der Waals surface area contributed by atoms with Crippen LogP contribution in [-0.4, -0.2) is 66.7 Å². The number of carbonyl (C=O) groups excluding carboxylic acids is 1. The van der Waals surface area contributed by atoms with Gasteiger partial charge in [0.25, 0.3) is 0 Å². The minimum absolute atomic E-state index is 0.0847. The van der Waals surface area contributed by atoms with Gasteiger partial charge in [0.2, 0.25) is 0 Å². The van der Waals surface area contributed by atoms with Crippen molar-refractivity contribution in [1.82, 2.24) is 10.2 Å². The highest BCUT2D eigenvalue weighted by molar-refractivity contribution is 7.98. The maximum absolute atomic E-state index is 13.0. The minimum Gasteiger partial charge on any atom is -0.492 e. The number of carboxylic acid groups (broad SMARTS) is 1. The van der Waals surface area contributed by atoms with Gasteiger partial charge in [0.05, 0.1) is 6.54 Å². The third-order valence-electron chi connectivity index (χ3n) is 6.27. The van der Waals surface area contributed by atoms with Crippen molar-refractivity contribution in [3.8, 4) is 5.75 Å². The molecule has 0 spiro atoms. The van der Waals surface area contributed by atoms with Gasteiger partial charge in [-0.1, -0.05) is 72.8 Å². The monoisotopic (exact) mass is 564 g/mol. The highest BCUT2D eigenvalue weighted by atomic mass is 32.2. The number of rotatable bonds is 18. The molecular weight excluding hydrogens is 524 g/mol. The molecule has 0 fully saturated rings. The number of amides is 2. The predicted molar refractivity (Wildman–Crippen MR) is 161 cm³/mol. The summed E-state index contributed by atoms with van der Waals surface area (Å²) in [5.41, 5.74) is 3.36. The summed E-state index contributed by atoms with van der Waals surface area (Å²) in [6, 6.07) is 27.8. The van der Waals surface area contributed by atoms with Gasteiger partial charge in [-0.2, -0.15) is 11.8 Å². The quantitative estimate of drug-likeness (QED) is 0.194. The Labute approximate surface area is 241 Å². The number of urea groups is 1. The van der Waals surface area contributed by atoms with E-state index in [1.165, 1.54) is 11.1 Å². The molecule has 2 amide bonds. The number of nitrogens with zero attached hydrogens (tertiary/aromatic N) is 1. The summed E-state index contributed by atoms with van der Waals surface area (Å²) in [7, 11) is 0. The normalized spacial score (nSPS) is 11.5. The van der Waals surface area contributed by atoms with Crippen molar-refractivity contribution >= 4 is 23.8 Å². The van der Waals surface area contributed by atoms with Gasteiger partial charge in [0.15, 0.2) is 6.10 Å². The van der Waals surface area contributed by atoms with Crippen LogP contribution in [0, 0.1) is 0 Å². The van der Waals surface area contributed by atoms with E-state index in [0.29, 0.717) is 45.0 Å². The molecule has 2 N–H and O–H groups in total. The number of nitrogens with one attached hydrogen (secondary N) is 1. The molecule has 7 nitrogen and oxygen atoms in total. The number of aliphatic carboxylic acids is 1. The maximum Gasteiger partial charge on any atom is 0.333 e. The topological polar surface area (TPSA) is 88.1 Å². The van der Waals surface area contributed by atoms with Gasteiger partial charge in [-0.15, -0.1) is 0 Å². The number of ether oxygens (including phenoxy) is 2. The zero-order chi connectivity index (χ0) is 28.4. The molecule has 3 rings (SSSR count). The van der Waals surface area contributed by atoms with Gasteiger partial charge in [0, 0.05) is 31.9 Å². The lowest BCUT2D eigenvalue weighted by Gasteiger charge is -2.23. The van der Waals surface area contributed by atoms with Crippen LogP contribution in [0.1, 0.15) is 30.0 Å². The van der Waals surface area contributed by atoms with E-state index in [2.05, 4.69) is 41.7 Å². The third kappa shape index (κ3) is 11.7. The lowest BCUT2D eigenvalue weighted by Crippen LogP contribution is -2.43. The Morgan fingerprint density at radius 1 is 0.900 bits per heavy atom. The van der Waals surface area contributed by atoms with Crippen LogP contribution in [-0.2, 0) is 28.1 Å². The van der Waals surface area contributed by atoms with Crippen LogP contribution in [0.2, 0.25) is 0 Å². The molecule has 8 heteroatoms. The van der Waals surface area contributed by atoms with E-state index >= 15 is 0 Å². The average Bonchev–Trinajstić information content (AvgIpc) is 2.97. The molecule has 214 valence electrons. The number of thioether (sulfide) groups is 1. The van der Waals surface area contributed by atoms with Gasteiger partial charge in [-0.05, 0) is 54.3 Å². The standard InChI is InChI=1S/C32H40N2O5S/c1-2-38-30(31(35)36)24-27-14-16-29(17-15-27)39-22-21-34(20-9-23-40-25-28-12-7-4-8-13-28)32(37)33-19-18-26-10-5-3-6-11-26/h3-8,10-17,30H,2,9,18-25H2,1H3,(H,33,37)(H,35,36). The van der Waals surface area contributed by atoms with E-state index in [1.54, 1.807) is 6.92 Å². The van der Waals surface area contributed by atoms with Gasteiger partial charge < -0.3 is 24.8 Å². The van der Waals surface area contributed by atoms with Crippen LogP contribution in [0.25, 0.3) is 0 Å². The average molecular weight is 565 g/mol. The van der Waals surface area contributed by atoms with Crippen LogP contribution in [0.4, 0.5) is 4.79 Å². The van der Waals surface area contributed by atoms with Crippen molar-refractivity contribution in [2.75, 3.05) is 38.6 Å².